The highest BCUT2D eigenvalue weighted by Crippen LogP contribution is 2.03. The molecule has 0 heterocycles. The Morgan fingerprint density at radius 2 is 1.95 bits per heavy atom. The standard InChI is InChI=1S/C16H20N2O3S/c1-12(22)18-14(16(20)21)11-17-15(19)10-9-13-7-5-3-2-4-6-8-13/h2-10,12,14,18,22H,11H2,1H3,(H,17,19)(H,20,21)/b3-2+,4-2?,5-3?,6-4-,7-5+,8-6?,10-9+,13-7?,13-8+. The average Bonchev–Trinajstić information content (AvgIpc) is 2.41. The number of allylic oxidation sites excluding steroid dienone is 9. The third kappa shape index (κ3) is 7.66. The van der Waals surface area contributed by atoms with E-state index in [1.165, 1.54) is 6.08 Å². The van der Waals surface area contributed by atoms with Gasteiger partial charge in [-0.3, -0.25) is 14.9 Å². The molecule has 2 atom stereocenters. The number of rotatable bonds is 7. The van der Waals surface area contributed by atoms with Crippen molar-refractivity contribution in [3.05, 3.63) is 60.3 Å². The molecule has 0 saturated heterocycles. The van der Waals surface area contributed by atoms with Crippen LogP contribution in [-0.4, -0.2) is 34.9 Å². The van der Waals surface area contributed by atoms with Crippen LogP contribution < -0.4 is 10.6 Å². The Balaban J connectivity index is 2.51. The number of hydrogen-bond donors (Lipinski definition) is 4. The first kappa shape index (κ1) is 18.0. The Hall–Kier alpha value is -2.05. The molecule has 22 heavy (non-hydrogen) atoms. The van der Waals surface area contributed by atoms with E-state index in [1.807, 2.05) is 42.5 Å². The molecular weight excluding hydrogens is 300 g/mol. The van der Waals surface area contributed by atoms with Gasteiger partial charge in [0.05, 0.1) is 0 Å². The molecule has 1 aliphatic rings. The maximum atomic E-state index is 11.7. The number of aliphatic carboxylic acids is 1. The van der Waals surface area contributed by atoms with E-state index in [2.05, 4.69) is 23.3 Å². The van der Waals surface area contributed by atoms with E-state index in [-0.39, 0.29) is 17.8 Å². The molecule has 1 rings (SSSR count). The lowest BCUT2D eigenvalue weighted by molar-refractivity contribution is -0.139. The summed E-state index contributed by atoms with van der Waals surface area (Å²) in [7, 11) is 0. The van der Waals surface area contributed by atoms with Crippen LogP contribution in [0, 0.1) is 0 Å². The first-order valence-corrected chi connectivity index (χ1v) is 7.35. The fourth-order valence-corrected chi connectivity index (χ4v) is 1.81. The largest absolute Gasteiger partial charge is 0.480 e. The summed E-state index contributed by atoms with van der Waals surface area (Å²) < 4.78 is 0. The lowest BCUT2D eigenvalue weighted by Gasteiger charge is -2.16. The summed E-state index contributed by atoms with van der Waals surface area (Å²) in [5, 5.41) is 14.0. The Labute approximate surface area is 135 Å². The molecule has 0 aromatic carbocycles. The summed E-state index contributed by atoms with van der Waals surface area (Å²) in [5.41, 5.74) is 0.868. The van der Waals surface area contributed by atoms with Crippen molar-refractivity contribution in [1.29, 1.82) is 0 Å². The van der Waals surface area contributed by atoms with Gasteiger partial charge in [-0.05, 0) is 18.6 Å². The SMILES string of the molecule is CC(S)NC(CNC(=O)/C=C/C1=C/C=C\C=C\C=C\1)C(=O)O. The van der Waals surface area contributed by atoms with Gasteiger partial charge >= 0.3 is 5.97 Å². The van der Waals surface area contributed by atoms with Crippen LogP contribution in [0.2, 0.25) is 0 Å². The summed E-state index contributed by atoms with van der Waals surface area (Å²) in [5.74, 6) is -1.39. The number of thiol groups is 1. The van der Waals surface area contributed by atoms with Gasteiger partial charge in [-0.2, -0.15) is 12.6 Å². The summed E-state index contributed by atoms with van der Waals surface area (Å²) in [4.78, 5) is 22.8. The molecule has 1 amide bonds. The van der Waals surface area contributed by atoms with Crippen molar-refractivity contribution >= 4 is 24.5 Å². The van der Waals surface area contributed by atoms with Crippen molar-refractivity contribution in [2.24, 2.45) is 0 Å². The van der Waals surface area contributed by atoms with Gasteiger partial charge in [0.25, 0.3) is 0 Å². The van der Waals surface area contributed by atoms with Crippen LogP contribution in [0.4, 0.5) is 0 Å². The van der Waals surface area contributed by atoms with Crippen LogP contribution in [0.1, 0.15) is 6.92 Å². The van der Waals surface area contributed by atoms with Gasteiger partial charge in [0.15, 0.2) is 0 Å². The van der Waals surface area contributed by atoms with E-state index >= 15 is 0 Å². The van der Waals surface area contributed by atoms with E-state index in [9.17, 15) is 9.59 Å². The maximum Gasteiger partial charge on any atom is 0.322 e. The number of carbonyl (C=O) groups excluding carboxylic acids is 1. The van der Waals surface area contributed by atoms with Crippen LogP contribution >= 0.6 is 12.6 Å². The van der Waals surface area contributed by atoms with Gasteiger partial charge in [0.1, 0.15) is 6.04 Å². The number of carboxylic acid groups (broad SMARTS) is 1. The van der Waals surface area contributed by atoms with E-state index in [1.54, 1.807) is 13.0 Å². The minimum Gasteiger partial charge on any atom is -0.480 e. The van der Waals surface area contributed by atoms with Crippen LogP contribution in [0.15, 0.2) is 60.3 Å². The number of nitrogens with one attached hydrogen (secondary N) is 2. The second kappa shape index (κ2) is 9.81. The zero-order chi connectivity index (χ0) is 16.4. The second-order valence-electron chi connectivity index (χ2n) is 4.61. The number of hydrogen-bond acceptors (Lipinski definition) is 4. The van der Waals surface area contributed by atoms with Crippen molar-refractivity contribution in [1.82, 2.24) is 10.6 Å². The topological polar surface area (TPSA) is 78.4 Å². The first-order chi connectivity index (χ1) is 10.5. The molecule has 0 saturated carbocycles. The van der Waals surface area contributed by atoms with Crippen molar-refractivity contribution in [3.8, 4) is 0 Å². The fourth-order valence-electron chi connectivity index (χ4n) is 1.63. The molecular formula is C16H20N2O3S. The van der Waals surface area contributed by atoms with Gasteiger partial charge in [0.2, 0.25) is 5.91 Å². The van der Waals surface area contributed by atoms with Crippen LogP contribution in [0.3, 0.4) is 0 Å². The summed E-state index contributed by atoms with van der Waals surface area (Å²) in [6.07, 6.45) is 16.2. The monoisotopic (exact) mass is 320 g/mol. The fraction of sp³-hybridized carbons (Fsp3) is 0.250. The normalized spacial score (nSPS) is 23.5. The van der Waals surface area contributed by atoms with Gasteiger partial charge in [-0.25, -0.2) is 0 Å². The van der Waals surface area contributed by atoms with E-state index in [0.717, 1.165) is 5.57 Å². The molecule has 118 valence electrons. The smallest absolute Gasteiger partial charge is 0.322 e. The molecule has 1 aliphatic carbocycles. The predicted molar refractivity (Wildman–Crippen MR) is 90.7 cm³/mol. The average molecular weight is 320 g/mol. The lowest BCUT2D eigenvalue weighted by Crippen LogP contribution is -2.47. The number of carboxylic acids is 1. The number of carbonyl (C=O) groups is 2. The highest BCUT2D eigenvalue weighted by molar-refractivity contribution is 7.80. The first-order valence-electron chi connectivity index (χ1n) is 6.83. The van der Waals surface area contributed by atoms with Crippen molar-refractivity contribution in [3.63, 3.8) is 0 Å². The zero-order valence-electron chi connectivity index (χ0n) is 12.3. The summed E-state index contributed by atoms with van der Waals surface area (Å²) >= 11 is 4.08. The highest BCUT2D eigenvalue weighted by Gasteiger charge is 2.18. The van der Waals surface area contributed by atoms with E-state index in [0.29, 0.717) is 0 Å². The second-order valence-corrected chi connectivity index (χ2v) is 5.38. The van der Waals surface area contributed by atoms with Crippen LogP contribution in [-0.2, 0) is 9.59 Å². The van der Waals surface area contributed by atoms with E-state index in [4.69, 9.17) is 5.11 Å². The maximum absolute atomic E-state index is 11.7. The van der Waals surface area contributed by atoms with Crippen LogP contribution in [0.25, 0.3) is 0 Å². The minimum absolute atomic E-state index is 0.0130. The number of amides is 1. The third-order valence-electron chi connectivity index (χ3n) is 2.67. The molecule has 3 N–H and O–H groups in total. The Morgan fingerprint density at radius 1 is 1.27 bits per heavy atom. The quantitative estimate of drug-likeness (QED) is 0.326. The predicted octanol–water partition coefficient (Wildman–Crippen LogP) is 1.59. The molecule has 0 radical (unpaired) electrons. The lowest BCUT2D eigenvalue weighted by atomic mass is 10.1. The Bertz CT molecular complexity index is 546. The molecule has 6 heteroatoms. The molecule has 0 bridgehead atoms. The van der Waals surface area contributed by atoms with Crippen molar-refractivity contribution in [2.75, 3.05) is 6.54 Å². The van der Waals surface area contributed by atoms with Crippen molar-refractivity contribution in [2.45, 2.75) is 18.3 Å². The molecule has 0 aromatic rings. The van der Waals surface area contributed by atoms with Gasteiger partial charge in [-0.1, -0.05) is 42.5 Å². The molecule has 0 spiro atoms. The Kier molecular flexibility index (Phi) is 8.03. The molecule has 0 aromatic heterocycles. The molecule has 2 unspecified atom stereocenters. The third-order valence-corrected chi connectivity index (χ3v) is 2.82. The van der Waals surface area contributed by atoms with Crippen LogP contribution in [0.5, 0.6) is 0 Å². The highest BCUT2D eigenvalue weighted by atomic mass is 32.1. The van der Waals surface area contributed by atoms with E-state index < -0.39 is 12.0 Å². The summed E-state index contributed by atoms with van der Waals surface area (Å²) in [6, 6.07) is -0.876. The summed E-state index contributed by atoms with van der Waals surface area (Å²) in [6.45, 7) is 1.71. The van der Waals surface area contributed by atoms with Gasteiger partial charge in [-0.15, -0.1) is 0 Å². The van der Waals surface area contributed by atoms with Crippen molar-refractivity contribution < 1.29 is 14.7 Å². The molecule has 0 fully saturated rings. The zero-order valence-corrected chi connectivity index (χ0v) is 13.2. The van der Waals surface area contributed by atoms with Gasteiger partial charge < -0.3 is 10.4 Å². The molecule has 0 aliphatic heterocycles. The Morgan fingerprint density at radius 3 is 2.64 bits per heavy atom. The minimum atomic E-state index is -1.03. The molecule has 5 nitrogen and oxygen atoms in total. The van der Waals surface area contributed by atoms with Gasteiger partial charge in [0, 0.05) is 18.0 Å².